The van der Waals surface area contributed by atoms with Gasteiger partial charge in [0.2, 0.25) is 0 Å². The molecule has 98 valence electrons. The van der Waals surface area contributed by atoms with Gasteiger partial charge in [-0.3, -0.25) is 4.98 Å². The molecule has 0 spiro atoms. The van der Waals surface area contributed by atoms with Crippen LogP contribution in [0.15, 0.2) is 12.4 Å². The molecule has 1 aliphatic rings. The van der Waals surface area contributed by atoms with Crippen molar-refractivity contribution in [3.8, 4) is 0 Å². The molecule has 1 fully saturated rings. The van der Waals surface area contributed by atoms with Crippen LogP contribution >= 0.6 is 11.6 Å². The molecule has 2 heterocycles. The number of primary amides is 1. The Kier molecular flexibility index (Phi) is 4.19. The summed E-state index contributed by atoms with van der Waals surface area (Å²) in [6.07, 6.45) is 4.37. The van der Waals surface area contributed by atoms with Gasteiger partial charge in [0, 0.05) is 13.1 Å². The minimum absolute atomic E-state index is 0.362. The fraction of sp³-hybridized carbons (Fsp3) is 0.545. The Balaban J connectivity index is 1.85. The maximum Gasteiger partial charge on any atom is 0.404 e. The number of nitrogens with two attached hydrogens (primary N) is 1. The van der Waals surface area contributed by atoms with Crippen molar-refractivity contribution in [1.82, 2.24) is 9.97 Å². The summed E-state index contributed by atoms with van der Waals surface area (Å²) in [4.78, 5) is 20.9. The molecule has 18 heavy (non-hydrogen) atoms. The number of hydrogen-bond donors (Lipinski definition) is 1. The van der Waals surface area contributed by atoms with E-state index in [0.717, 1.165) is 31.7 Å². The number of piperidine rings is 1. The van der Waals surface area contributed by atoms with Crippen molar-refractivity contribution in [1.29, 1.82) is 0 Å². The standard InChI is InChI=1S/C11H15ClN4O2/c12-9-5-14-6-10(15-9)16-3-1-8(2-4-16)7-18-11(13)17/h5-6,8H,1-4,7H2,(H2,13,17). The highest BCUT2D eigenvalue weighted by atomic mass is 35.5. The van der Waals surface area contributed by atoms with Gasteiger partial charge in [-0.1, -0.05) is 11.6 Å². The molecule has 0 aromatic carbocycles. The third-order valence-corrected chi connectivity index (χ3v) is 3.17. The number of carbonyl (C=O) groups is 1. The summed E-state index contributed by atoms with van der Waals surface area (Å²) in [5.41, 5.74) is 4.94. The summed E-state index contributed by atoms with van der Waals surface area (Å²) < 4.78 is 4.81. The molecule has 0 saturated carbocycles. The molecular formula is C11H15ClN4O2. The normalized spacial score (nSPS) is 16.6. The van der Waals surface area contributed by atoms with Gasteiger partial charge < -0.3 is 15.4 Å². The quantitative estimate of drug-likeness (QED) is 0.899. The lowest BCUT2D eigenvalue weighted by Crippen LogP contribution is -2.36. The van der Waals surface area contributed by atoms with Gasteiger partial charge in [0.15, 0.2) is 0 Å². The molecule has 0 aliphatic carbocycles. The molecule has 0 radical (unpaired) electrons. The minimum Gasteiger partial charge on any atom is -0.449 e. The predicted octanol–water partition coefficient (Wildman–Crippen LogP) is 1.44. The number of halogens is 1. The fourth-order valence-corrected chi connectivity index (χ4v) is 2.16. The van der Waals surface area contributed by atoms with Crippen LogP contribution in [0.1, 0.15) is 12.8 Å². The molecule has 6 nitrogen and oxygen atoms in total. The summed E-state index contributed by atoms with van der Waals surface area (Å²) in [6.45, 7) is 2.09. The van der Waals surface area contributed by atoms with Gasteiger partial charge in [-0.05, 0) is 18.8 Å². The molecule has 1 aromatic heterocycles. The van der Waals surface area contributed by atoms with Crippen LogP contribution in [0.5, 0.6) is 0 Å². The maximum absolute atomic E-state index is 10.5. The molecule has 0 unspecified atom stereocenters. The van der Waals surface area contributed by atoms with E-state index in [-0.39, 0.29) is 0 Å². The largest absolute Gasteiger partial charge is 0.449 e. The molecule has 1 amide bonds. The second-order valence-corrected chi connectivity index (χ2v) is 4.65. The van der Waals surface area contributed by atoms with Gasteiger partial charge in [0.25, 0.3) is 0 Å². The third kappa shape index (κ3) is 3.46. The molecule has 1 aromatic rings. The summed E-state index contributed by atoms with van der Waals surface area (Å²) >= 11 is 5.81. The van der Waals surface area contributed by atoms with E-state index in [9.17, 15) is 4.79 Å². The Labute approximate surface area is 110 Å². The summed E-state index contributed by atoms with van der Waals surface area (Å²) in [5.74, 6) is 1.15. The smallest absolute Gasteiger partial charge is 0.404 e. The number of aromatic nitrogens is 2. The molecule has 1 aliphatic heterocycles. The number of nitrogens with zero attached hydrogens (tertiary/aromatic N) is 3. The van der Waals surface area contributed by atoms with E-state index in [1.165, 1.54) is 6.20 Å². The number of anilines is 1. The van der Waals surface area contributed by atoms with Gasteiger partial charge in [-0.15, -0.1) is 0 Å². The van der Waals surface area contributed by atoms with E-state index in [1.54, 1.807) is 6.20 Å². The highest BCUT2D eigenvalue weighted by Crippen LogP contribution is 2.22. The highest BCUT2D eigenvalue weighted by Gasteiger charge is 2.21. The van der Waals surface area contributed by atoms with Gasteiger partial charge in [-0.2, -0.15) is 0 Å². The number of ether oxygens (including phenoxy) is 1. The van der Waals surface area contributed by atoms with Crippen molar-refractivity contribution < 1.29 is 9.53 Å². The maximum atomic E-state index is 10.5. The number of carbonyl (C=O) groups excluding carboxylic acids is 1. The lowest BCUT2D eigenvalue weighted by Gasteiger charge is -2.32. The molecule has 0 atom stereocenters. The van der Waals surface area contributed by atoms with Crippen LogP contribution in [0.3, 0.4) is 0 Å². The zero-order valence-electron chi connectivity index (χ0n) is 9.88. The topological polar surface area (TPSA) is 81.3 Å². The third-order valence-electron chi connectivity index (χ3n) is 2.99. The van der Waals surface area contributed by atoms with Gasteiger partial charge in [0.05, 0.1) is 19.0 Å². The predicted molar refractivity (Wildman–Crippen MR) is 67.5 cm³/mol. The van der Waals surface area contributed by atoms with Gasteiger partial charge in [0.1, 0.15) is 11.0 Å². The first-order valence-corrected chi connectivity index (χ1v) is 6.17. The monoisotopic (exact) mass is 270 g/mol. The van der Waals surface area contributed by atoms with Crippen LogP contribution in [-0.2, 0) is 4.74 Å². The van der Waals surface area contributed by atoms with Crippen molar-refractivity contribution in [2.75, 3.05) is 24.6 Å². The van der Waals surface area contributed by atoms with Crippen molar-refractivity contribution >= 4 is 23.5 Å². The van der Waals surface area contributed by atoms with Crippen molar-refractivity contribution in [3.63, 3.8) is 0 Å². The van der Waals surface area contributed by atoms with E-state index < -0.39 is 6.09 Å². The van der Waals surface area contributed by atoms with E-state index in [2.05, 4.69) is 14.9 Å². The van der Waals surface area contributed by atoms with Crippen molar-refractivity contribution in [2.45, 2.75) is 12.8 Å². The van der Waals surface area contributed by atoms with Crippen LogP contribution in [0.4, 0.5) is 10.6 Å². The van der Waals surface area contributed by atoms with Crippen molar-refractivity contribution in [3.05, 3.63) is 17.5 Å². The summed E-state index contributed by atoms with van der Waals surface area (Å²) in [7, 11) is 0. The second kappa shape index (κ2) is 5.86. The molecule has 7 heteroatoms. The first kappa shape index (κ1) is 12.9. The number of amides is 1. The molecule has 2 N–H and O–H groups in total. The van der Waals surface area contributed by atoms with Crippen LogP contribution in [0, 0.1) is 5.92 Å². The lowest BCUT2D eigenvalue weighted by molar-refractivity contribution is 0.129. The Hall–Kier alpha value is -1.56. The Bertz CT molecular complexity index is 421. The van der Waals surface area contributed by atoms with Crippen LogP contribution in [0.2, 0.25) is 5.15 Å². The Morgan fingerprint density at radius 1 is 1.50 bits per heavy atom. The highest BCUT2D eigenvalue weighted by molar-refractivity contribution is 6.29. The lowest BCUT2D eigenvalue weighted by atomic mass is 9.98. The Morgan fingerprint density at radius 3 is 2.83 bits per heavy atom. The van der Waals surface area contributed by atoms with E-state index >= 15 is 0 Å². The van der Waals surface area contributed by atoms with Gasteiger partial charge >= 0.3 is 6.09 Å². The SMILES string of the molecule is NC(=O)OCC1CCN(c2cncc(Cl)n2)CC1. The zero-order chi connectivity index (χ0) is 13.0. The van der Waals surface area contributed by atoms with E-state index in [0.29, 0.717) is 17.7 Å². The van der Waals surface area contributed by atoms with Crippen LogP contribution in [0.25, 0.3) is 0 Å². The minimum atomic E-state index is -0.710. The first-order valence-electron chi connectivity index (χ1n) is 5.80. The van der Waals surface area contributed by atoms with Crippen LogP contribution in [-0.4, -0.2) is 35.8 Å². The average Bonchev–Trinajstić information content (AvgIpc) is 2.37. The van der Waals surface area contributed by atoms with Crippen molar-refractivity contribution in [2.24, 2.45) is 11.7 Å². The van der Waals surface area contributed by atoms with E-state index in [1.807, 2.05) is 0 Å². The van der Waals surface area contributed by atoms with Crippen LogP contribution < -0.4 is 10.6 Å². The molecule has 0 bridgehead atoms. The molecular weight excluding hydrogens is 256 g/mol. The molecule has 1 saturated heterocycles. The average molecular weight is 271 g/mol. The number of hydrogen-bond acceptors (Lipinski definition) is 5. The molecule has 2 rings (SSSR count). The fourth-order valence-electron chi connectivity index (χ4n) is 2.01. The van der Waals surface area contributed by atoms with Gasteiger partial charge in [-0.25, -0.2) is 9.78 Å². The zero-order valence-corrected chi connectivity index (χ0v) is 10.6. The summed E-state index contributed by atoms with van der Waals surface area (Å²) in [6, 6.07) is 0. The second-order valence-electron chi connectivity index (χ2n) is 4.26. The Morgan fingerprint density at radius 2 is 2.22 bits per heavy atom. The summed E-state index contributed by atoms with van der Waals surface area (Å²) in [5, 5.41) is 0.395. The number of rotatable bonds is 3. The first-order chi connectivity index (χ1) is 8.65. The van der Waals surface area contributed by atoms with E-state index in [4.69, 9.17) is 22.1 Å².